The number of halogens is 2. The van der Waals surface area contributed by atoms with Gasteiger partial charge in [0.25, 0.3) is 0 Å². The second-order valence-corrected chi connectivity index (χ2v) is 8.74. The van der Waals surface area contributed by atoms with E-state index in [4.69, 9.17) is 16.9 Å². The van der Waals surface area contributed by atoms with E-state index in [0.717, 1.165) is 13.0 Å². The van der Waals surface area contributed by atoms with Crippen molar-refractivity contribution in [1.29, 1.82) is 5.41 Å². The number of nitrogens with one attached hydrogen (secondary N) is 1. The third-order valence-electron chi connectivity index (χ3n) is 7.08. The smallest absolute Gasteiger partial charge is 0.154 e. The molecule has 5 rings (SSSR count). The molecule has 6 nitrogen and oxygen atoms in total. The van der Waals surface area contributed by atoms with E-state index < -0.39 is 5.82 Å². The van der Waals surface area contributed by atoms with Crippen molar-refractivity contribution in [2.24, 2.45) is 17.6 Å². The third kappa shape index (κ3) is 3.58. The van der Waals surface area contributed by atoms with Gasteiger partial charge in [-0.2, -0.15) is 0 Å². The molecule has 0 bridgehead atoms. The summed E-state index contributed by atoms with van der Waals surface area (Å²) in [5.74, 6) is 5.80. The number of anilines is 2. The van der Waals surface area contributed by atoms with Crippen molar-refractivity contribution in [3.8, 4) is 11.8 Å². The lowest BCUT2D eigenvalue weighted by Crippen LogP contribution is -2.33. The van der Waals surface area contributed by atoms with Crippen LogP contribution in [0, 0.1) is 40.7 Å². The highest BCUT2D eigenvalue weighted by Crippen LogP contribution is 2.63. The van der Waals surface area contributed by atoms with Crippen LogP contribution in [-0.2, 0) is 5.41 Å². The molecule has 172 valence electrons. The van der Waals surface area contributed by atoms with E-state index in [0.29, 0.717) is 30.4 Å². The average molecular weight is 459 g/mol. The molecule has 0 radical (unpaired) electrons. The number of hydrogen-bond donors (Lipinski definition) is 3. The van der Waals surface area contributed by atoms with Gasteiger partial charge < -0.3 is 16.4 Å². The van der Waals surface area contributed by atoms with Gasteiger partial charge in [0.05, 0.1) is 11.8 Å². The van der Waals surface area contributed by atoms with Gasteiger partial charge in [0.15, 0.2) is 5.82 Å². The molecule has 1 saturated heterocycles. The first kappa shape index (κ1) is 22.0. The van der Waals surface area contributed by atoms with Gasteiger partial charge in [-0.05, 0) is 47.9 Å². The van der Waals surface area contributed by atoms with Crippen molar-refractivity contribution in [2.45, 2.75) is 11.8 Å². The van der Waals surface area contributed by atoms with E-state index in [-0.39, 0.29) is 39.9 Å². The van der Waals surface area contributed by atoms with E-state index in [1.165, 1.54) is 18.2 Å². The first-order valence-electron chi connectivity index (χ1n) is 11.1. The van der Waals surface area contributed by atoms with Crippen LogP contribution in [0.3, 0.4) is 0 Å². The lowest BCUT2D eigenvalue weighted by molar-refractivity contribution is 0.533. The molecule has 5 N–H and O–H groups in total. The van der Waals surface area contributed by atoms with Crippen LogP contribution >= 0.6 is 0 Å². The third-order valence-corrected chi connectivity index (χ3v) is 7.08. The summed E-state index contributed by atoms with van der Waals surface area (Å²) in [6.07, 6.45) is 2.43. The zero-order valence-corrected chi connectivity index (χ0v) is 18.4. The fourth-order valence-corrected chi connectivity index (χ4v) is 5.33. The Kier molecular flexibility index (Phi) is 5.50. The summed E-state index contributed by atoms with van der Waals surface area (Å²) in [6, 6.07) is 13.0. The summed E-state index contributed by atoms with van der Waals surface area (Å²) in [5, 5.41) is 8.19. The molecule has 1 saturated carbocycles. The molecular formula is C26H24F2N6. The second kappa shape index (κ2) is 8.50. The van der Waals surface area contributed by atoms with Crippen molar-refractivity contribution in [1.82, 2.24) is 9.97 Å². The lowest BCUT2D eigenvalue weighted by Gasteiger charge is -2.27. The standard InChI is InChI=1S/C26H24F2N6/c27-20-7-3-1-5-16(20)9-10-22(30)24-25(31)33-23(13-32-24)34-12-11-17-19(14-34)26(17,15-29)18-6-2-4-8-21(18)28/h1-8,13,17,19,30H,11-12,14-15,29H2,(H2,31,33)/t17-,19?,26-/m1/s1. The lowest BCUT2D eigenvalue weighted by atomic mass is 9.91. The monoisotopic (exact) mass is 458 g/mol. The maximum Gasteiger partial charge on any atom is 0.154 e. The van der Waals surface area contributed by atoms with Gasteiger partial charge in [-0.15, -0.1) is 0 Å². The van der Waals surface area contributed by atoms with Crippen LogP contribution in [0.2, 0.25) is 0 Å². The first-order chi connectivity index (χ1) is 16.5. The molecule has 2 fully saturated rings. The number of benzene rings is 2. The van der Waals surface area contributed by atoms with Gasteiger partial charge in [0.1, 0.15) is 28.9 Å². The number of piperidine rings is 1. The fraction of sp³-hybridized carbons (Fsp3) is 0.269. The molecule has 2 heterocycles. The van der Waals surface area contributed by atoms with Crippen molar-refractivity contribution < 1.29 is 8.78 Å². The summed E-state index contributed by atoms with van der Waals surface area (Å²) in [4.78, 5) is 10.9. The Morgan fingerprint density at radius 2 is 1.85 bits per heavy atom. The van der Waals surface area contributed by atoms with Crippen LogP contribution in [0.15, 0.2) is 54.7 Å². The minimum absolute atomic E-state index is 0.0856. The summed E-state index contributed by atoms with van der Waals surface area (Å²) in [7, 11) is 0. The predicted molar refractivity (Wildman–Crippen MR) is 127 cm³/mol. The van der Waals surface area contributed by atoms with E-state index >= 15 is 0 Å². The number of rotatable bonds is 4. The highest BCUT2D eigenvalue weighted by Gasteiger charge is 2.66. The van der Waals surface area contributed by atoms with Crippen LogP contribution in [0.5, 0.6) is 0 Å². The predicted octanol–water partition coefficient (Wildman–Crippen LogP) is 3.11. The van der Waals surface area contributed by atoms with Gasteiger partial charge in [-0.3, -0.25) is 5.41 Å². The zero-order valence-electron chi connectivity index (χ0n) is 18.4. The molecule has 1 aliphatic carbocycles. The maximum absolute atomic E-state index is 14.6. The van der Waals surface area contributed by atoms with Crippen LogP contribution in [0.25, 0.3) is 0 Å². The molecule has 1 unspecified atom stereocenters. The summed E-state index contributed by atoms with van der Waals surface area (Å²) in [6.45, 7) is 1.80. The van der Waals surface area contributed by atoms with E-state index in [1.54, 1.807) is 24.4 Å². The van der Waals surface area contributed by atoms with Crippen molar-refractivity contribution in [2.75, 3.05) is 30.3 Å². The summed E-state index contributed by atoms with van der Waals surface area (Å²) < 4.78 is 28.3. The maximum atomic E-state index is 14.6. The van der Waals surface area contributed by atoms with Gasteiger partial charge in [-0.1, -0.05) is 36.3 Å². The molecule has 2 aliphatic rings. The Bertz CT molecular complexity index is 1330. The van der Waals surface area contributed by atoms with Crippen molar-refractivity contribution in [3.05, 3.63) is 83.2 Å². The molecule has 34 heavy (non-hydrogen) atoms. The molecule has 0 amide bonds. The Balaban J connectivity index is 1.34. The molecular weight excluding hydrogens is 434 g/mol. The largest absolute Gasteiger partial charge is 0.382 e. The minimum atomic E-state index is -0.454. The van der Waals surface area contributed by atoms with Gasteiger partial charge in [-0.25, -0.2) is 18.7 Å². The molecule has 1 aromatic heterocycles. The normalized spacial score (nSPS) is 23.0. The number of aromatic nitrogens is 2. The number of fused-ring (bicyclic) bond motifs is 1. The second-order valence-electron chi connectivity index (χ2n) is 8.74. The Morgan fingerprint density at radius 3 is 2.56 bits per heavy atom. The molecule has 8 heteroatoms. The van der Waals surface area contributed by atoms with Gasteiger partial charge in [0, 0.05) is 25.0 Å². The Labute approximate surface area is 196 Å². The molecule has 3 aromatic rings. The quantitative estimate of drug-likeness (QED) is 0.412. The first-order valence-corrected chi connectivity index (χ1v) is 11.1. The molecule has 0 spiro atoms. The van der Waals surface area contributed by atoms with Crippen LogP contribution in [-0.4, -0.2) is 35.3 Å². The van der Waals surface area contributed by atoms with Crippen molar-refractivity contribution in [3.63, 3.8) is 0 Å². The SMILES string of the molecule is N=C(C#Cc1ccccc1F)c1ncc(N2CC[C@@H]3C(C2)[C@@]3(CN)c2ccccc2F)nc1N. The van der Waals surface area contributed by atoms with E-state index in [9.17, 15) is 8.78 Å². The summed E-state index contributed by atoms with van der Waals surface area (Å²) >= 11 is 0. The Morgan fingerprint density at radius 1 is 1.12 bits per heavy atom. The molecule has 1 aliphatic heterocycles. The molecule has 2 aromatic carbocycles. The number of nitrogen functional groups attached to an aromatic ring is 1. The van der Waals surface area contributed by atoms with Gasteiger partial charge >= 0.3 is 0 Å². The highest BCUT2D eigenvalue weighted by molar-refractivity contribution is 6.12. The highest BCUT2D eigenvalue weighted by atomic mass is 19.1. The van der Waals surface area contributed by atoms with Crippen LogP contribution in [0.1, 0.15) is 23.2 Å². The van der Waals surface area contributed by atoms with Gasteiger partial charge in [0.2, 0.25) is 0 Å². The zero-order chi connectivity index (χ0) is 23.9. The topological polar surface area (TPSA) is 105 Å². The average Bonchev–Trinajstić information content (AvgIpc) is 3.51. The van der Waals surface area contributed by atoms with Crippen LogP contribution in [0.4, 0.5) is 20.4 Å². The Hall–Kier alpha value is -3.83. The molecule has 3 atom stereocenters. The fourth-order valence-electron chi connectivity index (χ4n) is 5.33. The van der Waals surface area contributed by atoms with Crippen LogP contribution < -0.4 is 16.4 Å². The number of hydrogen-bond acceptors (Lipinski definition) is 6. The summed E-state index contributed by atoms with van der Waals surface area (Å²) in [5.41, 5.74) is 12.8. The number of nitrogens with zero attached hydrogens (tertiary/aromatic N) is 3. The minimum Gasteiger partial charge on any atom is -0.382 e. The number of nitrogens with two attached hydrogens (primary N) is 2. The van der Waals surface area contributed by atoms with E-state index in [1.807, 2.05) is 12.1 Å². The van der Waals surface area contributed by atoms with Crippen molar-refractivity contribution >= 4 is 17.3 Å². The van der Waals surface area contributed by atoms with E-state index in [2.05, 4.69) is 26.7 Å².